The van der Waals surface area contributed by atoms with Gasteiger partial charge in [0.2, 0.25) is 0 Å². The van der Waals surface area contributed by atoms with Crippen LogP contribution in [0.3, 0.4) is 0 Å². The average Bonchev–Trinajstić information content (AvgIpc) is 3.05. The van der Waals surface area contributed by atoms with Gasteiger partial charge in [-0.1, -0.05) is 30.3 Å². The van der Waals surface area contributed by atoms with Crippen molar-refractivity contribution >= 4 is 23.2 Å². The number of anilines is 2. The van der Waals surface area contributed by atoms with Gasteiger partial charge < -0.3 is 16.2 Å². The van der Waals surface area contributed by atoms with Crippen molar-refractivity contribution in [1.29, 1.82) is 0 Å². The highest BCUT2D eigenvalue weighted by atomic mass is 16.6. The lowest BCUT2D eigenvalue weighted by atomic mass is 10.1. The number of hydrogen-bond donors (Lipinski definition) is 2. The molecule has 0 atom stereocenters. The maximum atomic E-state index is 11.9. The van der Waals surface area contributed by atoms with Crippen LogP contribution in [0.15, 0.2) is 59.7 Å². The van der Waals surface area contributed by atoms with Gasteiger partial charge in [0.25, 0.3) is 0 Å². The Kier molecular flexibility index (Phi) is 6.22. The number of para-hydroxylation sites is 1. The van der Waals surface area contributed by atoms with Crippen LogP contribution in [0, 0.1) is 0 Å². The van der Waals surface area contributed by atoms with Crippen LogP contribution in [-0.4, -0.2) is 29.0 Å². The lowest BCUT2D eigenvalue weighted by Crippen LogP contribution is -2.32. The molecule has 0 bridgehead atoms. The lowest BCUT2D eigenvalue weighted by molar-refractivity contribution is 0.0276. The summed E-state index contributed by atoms with van der Waals surface area (Å²) in [6.45, 7) is 6.07. The Hall–Kier alpha value is -3.02. The van der Waals surface area contributed by atoms with E-state index in [1.807, 2.05) is 75.4 Å². The molecular formula is C20H26N4O2. The SMILES string of the molecule is CC(C)(C)OC(=O)N1CCC(c2ccc(N)cc2)=N1.Nc1ccccc1. The standard InChI is InChI=1S/C14H19N3O2.C6H7N/c1-14(2,3)19-13(18)17-9-8-12(16-17)10-4-6-11(15)7-5-10;7-6-4-2-1-3-5-6/h4-7H,8-9,15H2,1-3H3;1-5H,7H2. The molecule has 1 aliphatic heterocycles. The van der Waals surface area contributed by atoms with E-state index in [1.54, 1.807) is 0 Å². The molecule has 1 heterocycles. The molecule has 0 saturated carbocycles. The molecule has 0 aliphatic carbocycles. The second-order valence-corrected chi connectivity index (χ2v) is 6.93. The minimum absolute atomic E-state index is 0.405. The van der Waals surface area contributed by atoms with Crippen LogP contribution < -0.4 is 11.5 Å². The van der Waals surface area contributed by atoms with E-state index >= 15 is 0 Å². The summed E-state index contributed by atoms with van der Waals surface area (Å²) in [7, 11) is 0. The molecule has 6 nitrogen and oxygen atoms in total. The lowest BCUT2D eigenvalue weighted by Gasteiger charge is -2.22. The predicted octanol–water partition coefficient (Wildman–Crippen LogP) is 3.88. The van der Waals surface area contributed by atoms with Crippen LogP contribution >= 0.6 is 0 Å². The van der Waals surface area contributed by atoms with Gasteiger partial charge in [-0.15, -0.1) is 0 Å². The van der Waals surface area contributed by atoms with Crippen molar-refractivity contribution < 1.29 is 9.53 Å². The van der Waals surface area contributed by atoms with Gasteiger partial charge in [0, 0.05) is 17.8 Å². The molecule has 1 amide bonds. The summed E-state index contributed by atoms with van der Waals surface area (Å²) >= 11 is 0. The molecule has 4 N–H and O–H groups in total. The number of benzene rings is 2. The van der Waals surface area contributed by atoms with Crippen molar-refractivity contribution in [2.24, 2.45) is 5.10 Å². The summed E-state index contributed by atoms with van der Waals surface area (Å²) in [6, 6.07) is 17.0. The summed E-state index contributed by atoms with van der Waals surface area (Å²) in [5, 5.41) is 5.68. The maximum absolute atomic E-state index is 11.9. The van der Waals surface area contributed by atoms with E-state index in [-0.39, 0.29) is 0 Å². The summed E-state index contributed by atoms with van der Waals surface area (Å²) in [5.74, 6) is 0. The number of nitrogens with two attached hydrogens (primary N) is 2. The first-order valence-corrected chi connectivity index (χ1v) is 8.49. The first-order valence-electron chi connectivity index (χ1n) is 8.49. The fourth-order valence-corrected chi connectivity index (χ4v) is 2.23. The Morgan fingerprint density at radius 2 is 1.58 bits per heavy atom. The molecule has 138 valence electrons. The highest BCUT2D eigenvalue weighted by molar-refractivity contribution is 6.02. The topological polar surface area (TPSA) is 93.9 Å². The van der Waals surface area contributed by atoms with Gasteiger partial charge in [0.1, 0.15) is 5.60 Å². The molecule has 3 rings (SSSR count). The third-order valence-corrected chi connectivity index (χ3v) is 3.45. The van der Waals surface area contributed by atoms with Crippen LogP contribution in [-0.2, 0) is 4.74 Å². The fourth-order valence-electron chi connectivity index (χ4n) is 2.23. The molecule has 0 radical (unpaired) electrons. The Morgan fingerprint density at radius 3 is 2.08 bits per heavy atom. The van der Waals surface area contributed by atoms with Crippen LogP contribution in [0.5, 0.6) is 0 Å². The van der Waals surface area contributed by atoms with Gasteiger partial charge in [0.05, 0.1) is 12.3 Å². The van der Waals surface area contributed by atoms with Gasteiger partial charge in [-0.2, -0.15) is 10.1 Å². The first-order chi connectivity index (χ1) is 12.2. The molecule has 0 spiro atoms. The Labute approximate surface area is 154 Å². The van der Waals surface area contributed by atoms with Crippen LogP contribution in [0.25, 0.3) is 0 Å². The second-order valence-electron chi connectivity index (χ2n) is 6.93. The third kappa shape index (κ3) is 6.12. The molecule has 1 aliphatic rings. The molecule has 26 heavy (non-hydrogen) atoms. The van der Waals surface area contributed by atoms with E-state index < -0.39 is 11.7 Å². The largest absolute Gasteiger partial charge is 0.442 e. The quantitative estimate of drug-likeness (QED) is 0.760. The van der Waals surface area contributed by atoms with Crippen molar-refractivity contribution in [2.75, 3.05) is 18.0 Å². The van der Waals surface area contributed by atoms with E-state index in [9.17, 15) is 4.79 Å². The number of nitrogen functional groups attached to an aromatic ring is 2. The number of ether oxygens (including phenoxy) is 1. The first kappa shape index (κ1) is 19.3. The summed E-state index contributed by atoms with van der Waals surface area (Å²) in [4.78, 5) is 11.9. The monoisotopic (exact) mass is 354 g/mol. The number of rotatable bonds is 1. The van der Waals surface area contributed by atoms with Crippen LogP contribution in [0.1, 0.15) is 32.8 Å². The molecular weight excluding hydrogens is 328 g/mol. The number of hydrogen-bond acceptors (Lipinski definition) is 5. The van der Waals surface area contributed by atoms with Crippen molar-refractivity contribution in [3.63, 3.8) is 0 Å². The minimum atomic E-state index is -0.503. The molecule has 0 saturated heterocycles. The summed E-state index contributed by atoms with van der Waals surface area (Å²) < 4.78 is 5.28. The van der Waals surface area contributed by atoms with Gasteiger partial charge in [-0.25, -0.2) is 4.79 Å². The number of nitrogens with zero attached hydrogens (tertiary/aromatic N) is 2. The smallest absolute Gasteiger partial charge is 0.430 e. The van der Waals surface area contributed by atoms with Crippen LogP contribution in [0.4, 0.5) is 16.2 Å². The second kappa shape index (κ2) is 8.38. The van der Waals surface area contributed by atoms with E-state index in [0.717, 1.165) is 23.4 Å². The number of carbonyl (C=O) groups excluding carboxylic acids is 1. The minimum Gasteiger partial charge on any atom is -0.442 e. The molecule has 0 fully saturated rings. The summed E-state index contributed by atoms with van der Waals surface area (Å²) in [6.07, 6.45) is 0.321. The normalized spacial score (nSPS) is 13.5. The molecule has 0 unspecified atom stereocenters. The fraction of sp³-hybridized carbons (Fsp3) is 0.300. The number of hydrazone groups is 1. The Morgan fingerprint density at radius 1 is 1.00 bits per heavy atom. The highest BCUT2D eigenvalue weighted by Gasteiger charge is 2.26. The van der Waals surface area contributed by atoms with E-state index in [2.05, 4.69) is 5.10 Å². The number of amides is 1. The van der Waals surface area contributed by atoms with E-state index in [0.29, 0.717) is 12.2 Å². The van der Waals surface area contributed by atoms with Gasteiger partial charge in [0.15, 0.2) is 0 Å². The number of carbonyl (C=O) groups is 1. The van der Waals surface area contributed by atoms with Crippen molar-refractivity contribution in [1.82, 2.24) is 5.01 Å². The van der Waals surface area contributed by atoms with E-state index in [1.165, 1.54) is 5.01 Å². The van der Waals surface area contributed by atoms with Crippen molar-refractivity contribution in [3.8, 4) is 0 Å². The van der Waals surface area contributed by atoms with Gasteiger partial charge in [-0.3, -0.25) is 0 Å². The predicted molar refractivity (Wildman–Crippen MR) is 106 cm³/mol. The Balaban J connectivity index is 0.000000290. The van der Waals surface area contributed by atoms with Gasteiger partial charge in [-0.05, 0) is 50.6 Å². The zero-order valence-electron chi connectivity index (χ0n) is 15.5. The zero-order chi connectivity index (χ0) is 19.2. The molecule has 2 aromatic rings. The third-order valence-electron chi connectivity index (χ3n) is 3.45. The molecule has 0 aromatic heterocycles. The molecule has 6 heteroatoms. The van der Waals surface area contributed by atoms with Crippen molar-refractivity contribution in [3.05, 3.63) is 60.2 Å². The van der Waals surface area contributed by atoms with Crippen LogP contribution in [0.2, 0.25) is 0 Å². The summed E-state index contributed by atoms with van der Waals surface area (Å²) in [5.41, 5.74) is 13.9. The maximum Gasteiger partial charge on any atom is 0.430 e. The zero-order valence-corrected chi connectivity index (χ0v) is 15.5. The van der Waals surface area contributed by atoms with Crippen molar-refractivity contribution in [2.45, 2.75) is 32.8 Å². The van der Waals surface area contributed by atoms with Gasteiger partial charge >= 0.3 is 6.09 Å². The highest BCUT2D eigenvalue weighted by Crippen LogP contribution is 2.18. The molecule has 2 aromatic carbocycles. The average molecular weight is 354 g/mol. The van der Waals surface area contributed by atoms with E-state index in [4.69, 9.17) is 16.2 Å². The Bertz CT molecular complexity index is 750.